The number of dihydropyridines is 1. The summed E-state index contributed by atoms with van der Waals surface area (Å²) in [6.45, 7) is 1.89. The number of Topliss-reactive ketones (excluding diaryl/α,β-unsaturated/α-hetero) is 1. The number of ether oxygens (including phenoxy) is 2. The van der Waals surface area contributed by atoms with E-state index >= 15 is 0 Å². The number of methoxy groups -OCH3 is 2. The molecule has 2 heterocycles. The van der Waals surface area contributed by atoms with E-state index in [4.69, 9.17) is 9.47 Å². The molecular weight excluding hydrogens is 472 g/mol. The van der Waals surface area contributed by atoms with Crippen LogP contribution in [0.5, 0.6) is 11.5 Å². The van der Waals surface area contributed by atoms with Crippen LogP contribution < -0.4 is 20.1 Å². The lowest BCUT2D eigenvalue weighted by molar-refractivity contribution is -0.116. The summed E-state index contributed by atoms with van der Waals surface area (Å²) in [4.78, 5) is 28.7. The molecule has 0 radical (unpaired) electrons. The zero-order valence-corrected chi connectivity index (χ0v) is 21.3. The molecule has 1 aromatic heterocycles. The van der Waals surface area contributed by atoms with Crippen LogP contribution in [0.3, 0.4) is 0 Å². The van der Waals surface area contributed by atoms with Crippen molar-refractivity contribution in [3.8, 4) is 11.5 Å². The Balaban J connectivity index is 1.64. The van der Waals surface area contributed by atoms with Crippen molar-refractivity contribution in [3.05, 3.63) is 99.0 Å². The third kappa shape index (κ3) is 4.42. The Morgan fingerprint density at radius 2 is 1.83 bits per heavy atom. The van der Waals surface area contributed by atoms with Crippen molar-refractivity contribution in [2.75, 3.05) is 19.5 Å². The first-order valence-corrected chi connectivity index (χ1v) is 12.7. The predicted octanol–water partition coefficient (Wildman–Crippen LogP) is 5.77. The highest BCUT2D eigenvalue weighted by Crippen LogP contribution is 2.48. The first kappa shape index (κ1) is 23.9. The van der Waals surface area contributed by atoms with Gasteiger partial charge in [-0.05, 0) is 55.1 Å². The van der Waals surface area contributed by atoms with Crippen molar-refractivity contribution in [3.63, 3.8) is 0 Å². The SMILES string of the molecule is COc1ccc(OC)c([C@@H]2C(C(=O)Nc3ccccc3)=C(C)NC3=C2C(=O)C[C@H](c2cccs2)C3)c1. The fourth-order valence-electron chi connectivity index (χ4n) is 5.16. The lowest BCUT2D eigenvalue weighted by atomic mass is 9.72. The van der Waals surface area contributed by atoms with Gasteiger partial charge in [0.05, 0.1) is 20.1 Å². The summed E-state index contributed by atoms with van der Waals surface area (Å²) < 4.78 is 11.2. The second-order valence-electron chi connectivity index (χ2n) is 8.96. The highest BCUT2D eigenvalue weighted by atomic mass is 32.1. The zero-order chi connectivity index (χ0) is 25.2. The number of nitrogens with one attached hydrogen (secondary N) is 2. The quantitative estimate of drug-likeness (QED) is 0.450. The molecule has 5 rings (SSSR count). The lowest BCUT2D eigenvalue weighted by Crippen LogP contribution is -2.37. The molecule has 1 aliphatic carbocycles. The Morgan fingerprint density at radius 1 is 1.03 bits per heavy atom. The molecule has 0 unspecified atom stereocenters. The fourth-order valence-corrected chi connectivity index (χ4v) is 5.99. The lowest BCUT2D eigenvalue weighted by Gasteiger charge is -2.37. The summed E-state index contributed by atoms with van der Waals surface area (Å²) >= 11 is 1.67. The summed E-state index contributed by atoms with van der Waals surface area (Å²) in [7, 11) is 3.19. The normalized spacial score (nSPS) is 19.5. The van der Waals surface area contributed by atoms with Crippen LogP contribution in [0.4, 0.5) is 5.69 Å². The fraction of sp³-hybridized carbons (Fsp3) is 0.241. The minimum Gasteiger partial charge on any atom is -0.497 e. The van der Waals surface area contributed by atoms with Crippen LogP contribution in [-0.4, -0.2) is 25.9 Å². The molecule has 7 heteroatoms. The largest absolute Gasteiger partial charge is 0.497 e. The van der Waals surface area contributed by atoms with Gasteiger partial charge in [0.2, 0.25) is 0 Å². The van der Waals surface area contributed by atoms with E-state index in [2.05, 4.69) is 16.7 Å². The van der Waals surface area contributed by atoms with E-state index in [1.54, 1.807) is 25.6 Å². The minimum absolute atomic E-state index is 0.0366. The van der Waals surface area contributed by atoms with Gasteiger partial charge in [-0.1, -0.05) is 24.3 Å². The predicted molar refractivity (Wildman–Crippen MR) is 142 cm³/mol. The number of anilines is 1. The van der Waals surface area contributed by atoms with Crippen LogP contribution in [0.2, 0.25) is 0 Å². The number of benzene rings is 2. The molecule has 0 bridgehead atoms. The first-order chi connectivity index (χ1) is 17.5. The molecule has 36 heavy (non-hydrogen) atoms. The van der Waals surface area contributed by atoms with Gasteiger partial charge >= 0.3 is 0 Å². The molecule has 2 N–H and O–H groups in total. The number of hydrogen-bond acceptors (Lipinski definition) is 6. The van der Waals surface area contributed by atoms with Crippen molar-refractivity contribution in [1.82, 2.24) is 5.32 Å². The van der Waals surface area contributed by atoms with Crippen molar-refractivity contribution in [2.45, 2.75) is 31.6 Å². The van der Waals surface area contributed by atoms with Crippen LogP contribution >= 0.6 is 11.3 Å². The minimum atomic E-state index is -0.591. The van der Waals surface area contributed by atoms with Crippen LogP contribution in [0, 0.1) is 0 Å². The average molecular weight is 501 g/mol. The van der Waals surface area contributed by atoms with Crippen LogP contribution in [0.15, 0.2) is 88.6 Å². The van der Waals surface area contributed by atoms with Crippen LogP contribution in [0.1, 0.15) is 42.0 Å². The molecule has 1 aliphatic heterocycles. The Bertz CT molecular complexity index is 1360. The second kappa shape index (κ2) is 10.0. The topological polar surface area (TPSA) is 76.7 Å². The van der Waals surface area contributed by atoms with Crippen molar-refractivity contribution in [1.29, 1.82) is 0 Å². The number of thiophene rings is 1. The van der Waals surface area contributed by atoms with Gasteiger partial charge in [-0.2, -0.15) is 0 Å². The number of carbonyl (C=O) groups excluding carboxylic acids is 2. The maximum atomic E-state index is 13.8. The van der Waals surface area contributed by atoms with Gasteiger partial charge in [-0.3, -0.25) is 9.59 Å². The van der Waals surface area contributed by atoms with E-state index in [1.807, 2.05) is 66.9 Å². The summed E-state index contributed by atoms with van der Waals surface area (Å²) in [6.07, 6.45) is 1.10. The molecule has 2 aromatic carbocycles. The van der Waals surface area contributed by atoms with E-state index < -0.39 is 5.92 Å². The maximum Gasteiger partial charge on any atom is 0.254 e. The van der Waals surface area contributed by atoms with Gasteiger partial charge in [0.15, 0.2) is 5.78 Å². The van der Waals surface area contributed by atoms with Gasteiger partial charge in [0.1, 0.15) is 11.5 Å². The highest BCUT2D eigenvalue weighted by molar-refractivity contribution is 7.10. The second-order valence-corrected chi connectivity index (χ2v) is 9.94. The Morgan fingerprint density at radius 3 is 2.53 bits per heavy atom. The standard InChI is InChI=1S/C29H28N2O4S/c1-17-26(29(33)31-19-8-5-4-6-9-19)27(21-16-20(34-2)11-12-24(21)35-3)28-22(30-17)14-18(15-23(28)32)25-10-7-13-36-25/h4-13,16,18,27,30H,14-15H2,1-3H3,(H,31,33)/t18-,27-/m1/s1. The van der Waals surface area contributed by atoms with E-state index in [-0.39, 0.29) is 17.6 Å². The van der Waals surface area contributed by atoms with Crippen LogP contribution in [-0.2, 0) is 9.59 Å². The molecule has 2 atom stereocenters. The van der Waals surface area contributed by atoms with E-state index in [0.717, 1.165) is 17.0 Å². The van der Waals surface area contributed by atoms with Gasteiger partial charge in [-0.15, -0.1) is 11.3 Å². The van der Waals surface area contributed by atoms with E-state index in [1.165, 1.54) is 4.88 Å². The molecule has 184 valence electrons. The molecule has 0 fully saturated rings. The monoisotopic (exact) mass is 500 g/mol. The first-order valence-electron chi connectivity index (χ1n) is 11.9. The number of amides is 1. The van der Waals surface area contributed by atoms with Crippen molar-refractivity contribution in [2.24, 2.45) is 0 Å². The summed E-state index contributed by atoms with van der Waals surface area (Å²) in [5.41, 5.74) is 4.12. The van der Waals surface area contributed by atoms with E-state index in [0.29, 0.717) is 41.2 Å². The molecule has 0 saturated carbocycles. The average Bonchev–Trinajstić information content (AvgIpc) is 3.43. The molecule has 2 aliphatic rings. The number of para-hydroxylation sites is 1. The molecule has 1 amide bonds. The number of carbonyl (C=O) groups is 2. The van der Waals surface area contributed by atoms with Gasteiger partial charge < -0.3 is 20.1 Å². The Kier molecular flexibility index (Phi) is 6.65. The molecule has 0 spiro atoms. The van der Waals surface area contributed by atoms with Crippen molar-refractivity contribution >= 4 is 28.7 Å². The van der Waals surface area contributed by atoms with Gasteiger partial charge in [0.25, 0.3) is 5.91 Å². The van der Waals surface area contributed by atoms with E-state index in [9.17, 15) is 9.59 Å². The smallest absolute Gasteiger partial charge is 0.254 e. The van der Waals surface area contributed by atoms with Crippen molar-refractivity contribution < 1.29 is 19.1 Å². The molecule has 0 saturated heterocycles. The molecule has 3 aromatic rings. The van der Waals surface area contributed by atoms with Gasteiger partial charge in [-0.25, -0.2) is 0 Å². The number of ketones is 1. The number of rotatable bonds is 6. The van der Waals surface area contributed by atoms with Gasteiger partial charge in [0, 0.05) is 51.0 Å². The highest BCUT2D eigenvalue weighted by Gasteiger charge is 2.42. The number of allylic oxidation sites excluding steroid dienone is 3. The maximum absolute atomic E-state index is 13.8. The third-order valence-electron chi connectivity index (χ3n) is 6.80. The third-order valence-corrected chi connectivity index (χ3v) is 7.83. The summed E-state index contributed by atoms with van der Waals surface area (Å²) in [6, 6.07) is 18.9. The van der Waals surface area contributed by atoms with Crippen LogP contribution in [0.25, 0.3) is 0 Å². The Hall–Kier alpha value is -3.84. The molecular formula is C29H28N2O4S. The molecule has 6 nitrogen and oxygen atoms in total. The summed E-state index contributed by atoms with van der Waals surface area (Å²) in [5, 5.41) is 8.48. The number of hydrogen-bond donors (Lipinski definition) is 2. The summed E-state index contributed by atoms with van der Waals surface area (Å²) in [5.74, 6) is 0.526. The Labute approximate surface area is 214 Å². The zero-order valence-electron chi connectivity index (χ0n) is 20.5.